The molecule has 0 spiro atoms. The third-order valence-corrected chi connectivity index (χ3v) is 6.30. The molecule has 2 aromatic rings. The third-order valence-electron chi connectivity index (χ3n) is 4.39. The molecule has 12 heteroatoms. The number of fused-ring (bicyclic) bond motifs is 1. The molecule has 0 radical (unpaired) electrons. The van der Waals surface area contributed by atoms with Crippen molar-refractivity contribution in [3.63, 3.8) is 0 Å². The lowest BCUT2D eigenvalue weighted by molar-refractivity contribution is -0.114. The monoisotopic (exact) mass is 461 g/mol. The summed E-state index contributed by atoms with van der Waals surface area (Å²) in [5.41, 5.74) is 0.930. The van der Waals surface area contributed by atoms with Crippen LogP contribution in [0.3, 0.4) is 0 Å². The zero-order chi connectivity index (χ0) is 22.2. The molecule has 160 valence electrons. The Hall–Kier alpha value is -3.38. The number of amides is 2. The molecule has 2 aliphatic heterocycles. The number of carbonyl (C=O) groups is 2. The zero-order valence-electron chi connectivity index (χ0n) is 16.1. The van der Waals surface area contributed by atoms with Crippen molar-refractivity contribution in [3.05, 3.63) is 53.3 Å². The maximum atomic E-state index is 14.4. The highest BCUT2D eigenvalue weighted by atomic mass is 32.2. The number of rotatable bonds is 4. The number of allylic oxidation sites excluding steroid dienone is 2. The summed E-state index contributed by atoms with van der Waals surface area (Å²) in [6, 6.07) is 4.21. The van der Waals surface area contributed by atoms with Crippen molar-refractivity contribution in [2.45, 2.75) is 6.92 Å². The summed E-state index contributed by atoms with van der Waals surface area (Å²) in [5.74, 6) is -1.54. The van der Waals surface area contributed by atoms with Crippen molar-refractivity contribution >= 4 is 49.8 Å². The lowest BCUT2D eigenvalue weighted by Crippen LogP contribution is -2.40. The van der Waals surface area contributed by atoms with Crippen LogP contribution < -0.4 is 10.6 Å². The first-order valence-electron chi connectivity index (χ1n) is 9.04. The summed E-state index contributed by atoms with van der Waals surface area (Å²) in [6.45, 7) is 1.53. The van der Waals surface area contributed by atoms with Gasteiger partial charge in [0.05, 0.1) is 17.0 Å². The summed E-state index contributed by atoms with van der Waals surface area (Å²) in [4.78, 5) is 29.7. The molecule has 0 saturated carbocycles. The number of halogens is 1. The number of nitrogens with zero attached hydrogens (tertiary/aromatic N) is 3. The second kappa shape index (κ2) is 8.04. The average Bonchev–Trinajstić information content (AvgIpc) is 3.14. The van der Waals surface area contributed by atoms with Gasteiger partial charge in [0.1, 0.15) is 5.82 Å². The number of nitrogens with one attached hydrogen (secondary N) is 2. The van der Waals surface area contributed by atoms with Gasteiger partial charge in [-0.15, -0.1) is 15.7 Å². The van der Waals surface area contributed by atoms with Gasteiger partial charge < -0.3 is 10.2 Å². The molecule has 2 aliphatic rings. The van der Waals surface area contributed by atoms with Crippen molar-refractivity contribution in [1.29, 1.82) is 0 Å². The van der Waals surface area contributed by atoms with Crippen LogP contribution >= 0.6 is 11.3 Å². The molecular weight excluding hydrogens is 445 g/mol. The van der Waals surface area contributed by atoms with Crippen molar-refractivity contribution in [2.75, 3.05) is 22.9 Å². The van der Waals surface area contributed by atoms with E-state index in [4.69, 9.17) is 0 Å². The fourth-order valence-electron chi connectivity index (χ4n) is 3.02. The number of amidine groups is 1. The van der Waals surface area contributed by atoms with Crippen LogP contribution in [0.15, 0.2) is 51.9 Å². The summed E-state index contributed by atoms with van der Waals surface area (Å²) < 4.78 is 41.8. The molecule has 31 heavy (non-hydrogen) atoms. The van der Waals surface area contributed by atoms with Gasteiger partial charge in [-0.25, -0.2) is 17.8 Å². The first-order chi connectivity index (χ1) is 14.7. The largest absolute Gasteiger partial charge is 0.331 e. The second-order valence-electron chi connectivity index (χ2n) is 6.68. The highest BCUT2D eigenvalue weighted by Crippen LogP contribution is 2.29. The number of hydrogen-bond acceptors (Lipinski definition) is 7. The number of benzene rings is 1. The Morgan fingerprint density at radius 1 is 1.26 bits per heavy atom. The van der Waals surface area contributed by atoms with E-state index >= 15 is 0 Å². The number of anilines is 2. The van der Waals surface area contributed by atoms with E-state index in [0.717, 1.165) is 11.3 Å². The van der Waals surface area contributed by atoms with Crippen LogP contribution in [0.4, 0.5) is 15.2 Å². The maximum absolute atomic E-state index is 14.4. The van der Waals surface area contributed by atoms with Crippen LogP contribution in [0, 0.1) is 5.82 Å². The lowest BCUT2D eigenvalue weighted by atomic mass is 10.1. The summed E-state index contributed by atoms with van der Waals surface area (Å²) in [6.07, 6.45) is 4.75. The Morgan fingerprint density at radius 3 is 2.81 bits per heavy atom. The molecule has 2 amide bonds. The highest BCUT2D eigenvalue weighted by Gasteiger charge is 2.30. The molecule has 0 unspecified atom stereocenters. The topological polar surface area (TPSA) is 121 Å². The second-order valence-corrected chi connectivity index (χ2v) is 9.30. The first kappa shape index (κ1) is 20.9. The molecule has 0 fully saturated rings. The predicted molar refractivity (Wildman–Crippen MR) is 116 cm³/mol. The van der Waals surface area contributed by atoms with Crippen LogP contribution in [0.2, 0.25) is 0 Å². The summed E-state index contributed by atoms with van der Waals surface area (Å²) in [7, 11) is -3.63. The number of thiazole rings is 1. The van der Waals surface area contributed by atoms with Crippen molar-refractivity contribution in [1.82, 2.24) is 9.88 Å². The number of carbonyl (C=O) groups excluding carboxylic acids is 2. The van der Waals surface area contributed by atoms with Gasteiger partial charge in [0.25, 0.3) is 15.9 Å². The Balaban J connectivity index is 1.54. The van der Waals surface area contributed by atoms with Gasteiger partial charge in [0, 0.05) is 36.3 Å². The van der Waals surface area contributed by atoms with Gasteiger partial charge in [-0.1, -0.05) is 0 Å². The van der Waals surface area contributed by atoms with Crippen LogP contribution in [0.1, 0.15) is 6.92 Å². The zero-order valence-corrected chi connectivity index (χ0v) is 17.8. The molecule has 1 aromatic carbocycles. The molecule has 2 N–H and O–H groups in total. The standard InChI is InChI=1S/C19H16FN5O4S2/c1-11(26)21-12-4-5-13(15(20)9-12)16-10-30-19(22-16)23-18(27)14-3-2-6-25-7-8-31(28,29)24-17(14)25/h2-6,9-10H,7-8H2,1H3,(H,21,26)(H,22,23,27). The molecule has 4 rings (SSSR count). The van der Waals surface area contributed by atoms with Gasteiger partial charge in [-0.2, -0.15) is 0 Å². The summed E-state index contributed by atoms with van der Waals surface area (Å²) >= 11 is 1.09. The van der Waals surface area contributed by atoms with E-state index in [1.807, 2.05) is 0 Å². The molecule has 0 bridgehead atoms. The predicted octanol–water partition coefficient (Wildman–Crippen LogP) is 2.34. The molecule has 9 nitrogen and oxygen atoms in total. The smallest absolute Gasteiger partial charge is 0.261 e. The van der Waals surface area contributed by atoms with Crippen molar-refractivity contribution in [2.24, 2.45) is 4.40 Å². The van der Waals surface area contributed by atoms with Crippen LogP contribution in [-0.2, 0) is 19.6 Å². The van der Waals surface area contributed by atoms with Gasteiger partial charge in [-0.3, -0.25) is 14.9 Å². The highest BCUT2D eigenvalue weighted by molar-refractivity contribution is 7.90. The minimum Gasteiger partial charge on any atom is -0.331 e. The Kier molecular flexibility index (Phi) is 5.41. The normalized spacial score (nSPS) is 16.8. The van der Waals surface area contributed by atoms with Gasteiger partial charge in [-0.05, 0) is 30.4 Å². The Bertz CT molecular complexity index is 1280. The van der Waals surface area contributed by atoms with E-state index in [1.165, 1.54) is 25.1 Å². The van der Waals surface area contributed by atoms with Crippen LogP contribution in [-0.4, -0.2) is 48.2 Å². The third kappa shape index (κ3) is 4.54. The molecular formula is C19H16FN5O4S2. The minimum atomic E-state index is -3.63. The fourth-order valence-corrected chi connectivity index (χ4v) is 4.71. The van der Waals surface area contributed by atoms with Gasteiger partial charge >= 0.3 is 0 Å². The molecule has 0 aliphatic carbocycles. The van der Waals surface area contributed by atoms with Crippen molar-refractivity contribution < 1.29 is 22.4 Å². The summed E-state index contributed by atoms with van der Waals surface area (Å²) in [5, 5.41) is 6.89. The fraction of sp³-hybridized carbons (Fsp3) is 0.158. The van der Waals surface area contributed by atoms with E-state index in [0.29, 0.717) is 11.4 Å². The van der Waals surface area contributed by atoms with Crippen LogP contribution in [0.25, 0.3) is 11.3 Å². The van der Waals surface area contributed by atoms with Gasteiger partial charge in [0.15, 0.2) is 11.0 Å². The lowest BCUT2D eigenvalue weighted by Gasteiger charge is -2.28. The average molecular weight is 462 g/mol. The first-order valence-corrected chi connectivity index (χ1v) is 11.5. The molecule has 1 aromatic heterocycles. The van der Waals surface area contributed by atoms with Gasteiger partial charge in [0.2, 0.25) is 5.91 Å². The SMILES string of the molecule is CC(=O)Nc1ccc(-c2csc(NC(=O)C3=CC=CN4CCS(=O)(=O)N=C34)n2)c(F)c1. The number of hydrogen-bond donors (Lipinski definition) is 2. The maximum Gasteiger partial charge on any atom is 0.261 e. The quantitative estimate of drug-likeness (QED) is 0.721. The molecule has 0 saturated heterocycles. The Labute approximate surface area is 181 Å². The van der Waals surface area contributed by atoms with E-state index in [1.54, 1.807) is 28.6 Å². The number of sulfonamides is 1. The molecule has 3 heterocycles. The van der Waals surface area contributed by atoms with E-state index in [2.05, 4.69) is 20.0 Å². The minimum absolute atomic E-state index is 0.0580. The van der Waals surface area contributed by atoms with Crippen LogP contribution in [0.5, 0.6) is 0 Å². The Morgan fingerprint density at radius 2 is 2.06 bits per heavy atom. The van der Waals surface area contributed by atoms with E-state index in [9.17, 15) is 22.4 Å². The van der Waals surface area contributed by atoms with Crippen molar-refractivity contribution in [3.8, 4) is 11.3 Å². The number of aromatic nitrogens is 1. The molecule has 0 atom stereocenters. The van der Waals surface area contributed by atoms with E-state index in [-0.39, 0.29) is 40.3 Å². The van der Waals surface area contributed by atoms with E-state index < -0.39 is 21.7 Å².